The summed E-state index contributed by atoms with van der Waals surface area (Å²) in [5.74, 6) is -0.0717. The average Bonchev–Trinajstić information content (AvgIpc) is 2.98. The van der Waals surface area contributed by atoms with E-state index in [1.54, 1.807) is 24.9 Å². The Balaban J connectivity index is 2.09. The number of hydrogen-bond donors (Lipinski definition) is 1. The van der Waals surface area contributed by atoms with Crippen molar-refractivity contribution in [3.05, 3.63) is 46.9 Å². The van der Waals surface area contributed by atoms with Gasteiger partial charge >= 0.3 is 5.97 Å². The molecule has 0 radical (unpaired) electrons. The first-order valence-electron chi connectivity index (χ1n) is 7.81. The molecule has 1 unspecified atom stereocenters. The van der Waals surface area contributed by atoms with Gasteiger partial charge in [0.25, 0.3) is 0 Å². The lowest BCUT2D eigenvalue weighted by Crippen LogP contribution is -2.32. The molecule has 0 amide bonds. The third kappa shape index (κ3) is 4.17. The van der Waals surface area contributed by atoms with Crippen LogP contribution in [0.4, 0.5) is 4.39 Å². The molecule has 0 aliphatic rings. The maximum absolute atomic E-state index is 13.4. The number of likely N-dealkylation sites (N-methyl/N-ethyl adjacent to an activating group) is 1. The van der Waals surface area contributed by atoms with Crippen LogP contribution in [0.25, 0.3) is 0 Å². The summed E-state index contributed by atoms with van der Waals surface area (Å²) in [6.45, 7) is 5.97. The van der Waals surface area contributed by atoms with Crippen LogP contribution in [0.3, 0.4) is 0 Å². The second-order valence-corrected chi connectivity index (χ2v) is 6.18. The van der Waals surface area contributed by atoms with E-state index in [1.807, 2.05) is 13.8 Å². The first kappa shape index (κ1) is 18.1. The van der Waals surface area contributed by atoms with Crippen molar-refractivity contribution in [1.29, 1.82) is 0 Å². The van der Waals surface area contributed by atoms with Crippen molar-refractivity contribution in [2.75, 3.05) is 13.6 Å². The van der Waals surface area contributed by atoms with Gasteiger partial charge in [-0.25, -0.2) is 4.39 Å². The molecular weight excluding hydrogens is 313 g/mol. The minimum Gasteiger partial charge on any atom is -0.480 e. The standard InChI is InChI=1S/C17H22FN3O3/c1-10(2)16-19-14(20-24-16)7-8-21(4)15(17(22)23)12-5-6-13(18)11(3)9-12/h5-6,9-10,15H,7-8H2,1-4H3,(H,22,23). The van der Waals surface area contributed by atoms with Gasteiger partial charge in [-0.2, -0.15) is 4.98 Å². The van der Waals surface area contributed by atoms with Gasteiger partial charge in [0.2, 0.25) is 5.89 Å². The molecule has 0 saturated heterocycles. The van der Waals surface area contributed by atoms with Gasteiger partial charge in [-0.05, 0) is 31.2 Å². The fourth-order valence-corrected chi connectivity index (χ4v) is 2.43. The van der Waals surface area contributed by atoms with Crippen molar-refractivity contribution in [3.63, 3.8) is 0 Å². The van der Waals surface area contributed by atoms with E-state index < -0.39 is 12.0 Å². The Kier molecular flexibility index (Phi) is 5.66. The molecule has 0 aliphatic carbocycles. The van der Waals surface area contributed by atoms with Gasteiger partial charge in [0.15, 0.2) is 5.82 Å². The molecule has 0 spiro atoms. The highest BCUT2D eigenvalue weighted by Gasteiger charge is 2.25. The van der Waals surface area contributed by atoms with E-state index in [-0.39, 0.29) is 11.7 Å². The molecule has 2 rings (SSSR count). The van der Waals surface area contributed by atoms with Crippen molar-refractivity contribution >= 4 is 5.97 Å². The first-order valence-corrected chi connectivity index (χ1v) is 7.81. The Morgan fingerprint density at radius 2 is 2.12 bits per heavy atom. The topological polar surface area (TPSA) is 79.5 Å². The van der Waals surface area contributed by atoms with Gasteiger partial charge in [0, 0.05) is 18.9 Å². The summed E-state index contributed by atoms with van der Waals surface area (Å²) in [4.78, 5) is 17.6. The zero-order valence-corrected chi connectivity index (χ0v) is 14.3. The Labute approximate surface area is 140 Å². The molecule has 1 aromatic heterocycles. The molecule has 0 aliphatic heterocycles. The molecule has 0 saturated carbocycles. The van der Waals surface area contributed by atoms with Crippen molar-refractivity contribution < 1.29 is 18.8 Å². The van der Waals surface area contributed by atoms with Crippen LogP contribution in [0.2, 0.25) is 0 Å². The van der Waals surface area contributed by atoms with E-state index in [0.29, 0.717) is 35.8 Å². The maximum atomic E-state index is 13.4. The molecule has 7 heteroatoms. The summed E-state index contributed by atoms with van der Waals surface area (Å²) in [5, 5.41) is 13.4. The third-order valence-electron chi connectivity index (χ3n) is 3.84. The van der Waals surface area contributed by atoms with Crippen LogP contribution in [-0.4, -0.2) is 39.7 Å². The minimum atomic E-state index is -0.987. The predicted octanol–water partition coefficient (Wildman–Crippen LogP) is 2.94. The zero-order chi connectivity index (χ0) is 17.9. The predicted molar refractivity (Wildman–Crippen MR) is 86.2 cm³/mol. The molecular formula is C17H22FN3O3. The van der Waals surface area contributed by atoms with Crippen LogP contribution in [-0.2, 0) is 11.2 Å². The van der Waals surface area contributed by atoms with Crippen molar-refractivity contribution in [2.45, 2.75) is 39.2 Å². The fraction of sp³-hybridized carbons (Fsp3) is 0.471. The number of nitrogens with zero attached hydrogens (tertiary/aromatic N) is 3. The van der Waals surface area contributed by atoms with E-state index in [1.165, 1.54) is 12.1 Å². The number of halogens is 1. The molecule has 0 fully saturated rings. The number of carboxylic acid groups (broad SMARTS) is 1. The molecule has 2 aromatic rings. The largest absolute Gasteiger partial charge is 0.480 e. The first-order chi connectivity index (χ1) is 11.3. The molecule has 130 valence electrons. The molecule has 24 heavy (non-hydrogen) atoms. The van der Waals surface area contributed by atoms with Gasteiger partial charge in [-0.3, -0.25) is 9.69 Å². The summed E-state index contributed by atoms with van der Waals surface area (Å²) in [6.07, 6.45) is 0.469. The molecule has 1 atom stereocenters. The normalized spacial score (nSPS) is 12.8. The van der Waals surface area contributed by atoms with E-state index in [4.69, 9.17) is 4.52 Å². The van der Waals surface area contributed by atoms with Gasteiger partial charge < -0.3 is 9.63 Å². The van der Waals surface area contributed by atoms with Crippen LogP contribution in [0.15, 0.2) is 22.7 Å². The highest BCUT2D eigenvalue weighted by atomic mass is 19.1. The summed E-state index contributed by atoms with van der Waals surface area (Å²) in [5.41, 5.74) is 0.965. The lowest BCUT2D eigenvalue weighted by molar-refractivity contribution is -0.143. The number of hydrogen-bond acceptors (Lipinski definition) is 5. The summed E-state index contributed by atoms with van der Waals surface area (Å²) in [6, 6.07) is 3.50. The monoisotopic (exact) mass is 335 g/mol. The van der Waals surface area contributed by atoms with Gasteiger partial charge in [-0.1, -0.05) is 31.1 Å². The summed E-state index contributed by atoms with van der Waals surface area (Å²) < 4.78 is 18.6. The van der Waals surface area contributed by atoms with Crippen LogP contribution >= 0.6 is 0 Å². The van der Waals surface area contributed by atoms with Crippen molar-refractivity contribution in [1.82, 2.24) is 15.0 Å². The van der Waals surface area contributed by atoms with Gasteiger partial charge in [0.05, 0.1) is 0 Å². The van der Waals surface area contributed by atoms with Gasteiger partial charge in [-0.15, -0.1) is 0 Å². The minimum absolute atomic E-state index is 0.151. The number of rotatable bonds is 7. The SMILES string of the molecule is Cc1cc(C(C(=O)O)N(C)CCc2noc(C(C)C)n2)ccc1F. The molecule has 6 nitrogen and oxygen atoms in total. The lowest BCUT2D eigenvalue weighted by Gasteiger charge is -2.24. The number of aromatic nitrogens is 2. The number of carboxylic acids is 1. The Hall–Kier alpha value is -2.28. The van der Waals surface area contributed by atoms with Crippen LogP contribution in [0.1, 0.15) is 48.6 Å². The zero-order valence-electron chi connectivity index (χ0n) is 14.3. The highest BCUT2D eigenvalue weighted by molar-refractivity contribution is 5.75. The Bertz CT molecular complexity index is 715. The van der Waals surface area contributed by atoms with Crippen molar-refractivity contribution in [2.24, 2.45) is 0 Å². The second kappa shape index (κ2) is 7.53. The van der Waals surface area contributed by atoms with E-state index in [9.17, 15) is 14.3 Å². The highest BCUT2D eigenvalue weighted by Crippen LogP contribution is 2.22. The fourth-order valence-electron chi connectivity index (χ4n) is 2.43. The van der Waals surface area contributed by atoms with E-state index in [2.05, 4.69) is 10.1 Å². The number of aryl methyl sites for hydroxylation is 1. The molecule has 1 heterocycles. The number of benzene rings is 1. The third-order valence-corrected chi connectivity index (χ3v) is 3.84. The van der Waals surface area contributed by atoms with E-state index in [0.717, 1.165) is 0 Å². The van der Waals surface area contributed by atoms with Crippen LogP contribution in [0, 0.1) is 12.7 Å². The number of carbonyl (C=O) groups is 1. The van der Waals surface area contributed by atoms with E-state index >= 15 is 0 Å². The summed E-state index contributed by atoms with van der Waals surface area (Å²) in [7, 11) is 1.71. The molecule has 1 aromatic carbocycles. The quantitative estimate of drug-likeness (QED) is 0.838. The lowest BCUT2D eigenvalue weighted by atomic mass is 10.0. The van der Waals surface area contributed by atoms with Crippen LogP contribution in [0.5, 0.6) is 0 Å². The Morgan fingerprint density at radius 3 is 2.67 bits per heavy atom. The average molecular weight is 335 g/mol. The Morgan fingerprint density at radius 1 is 1.42 bits per heavy atom. The van der Waals surface area contributed by atoms with Crippen LogP contribution < -0.4 is 0 Å². The molecule has 1 N–H and O–H groups in total. The maximum Gasteiger partial charge on any atom is 0.325 e. The smallest absolute Gasteiger partial charge is 0.325 e. The van der Waals surface area contributed by atoms with Gasteiger partial charge in [0.1, 0.15) is 11.9 Å². The molecule has 0 bridgehead atoms. The van der Waals surface area contributed by atoms with Crippen molar-refractivity contribution in [3.8, 4) is 0 Å². The second-order valence-electron chi connectivity index (χ2n) is 6.18. The summed E-state index contributed by atoms with van der Waals surface area (Å²) >= 11 is 0. The number of aliphatic carboxylic acids is 1.